The molecule has 1 aromatic carbocycles. The van der Waals surface area contributed by atoms with E-state index < -0.39 is 5.97 Å². The summed E-state index contributed by atoms with van der Waals surface area (Å²) in [5, 5.41) is 0.575. The quantitative estimate of drug-likeness (QED) is 0.229. The van der Waals surface area contributed by atoms with Crippen molar-refractivity contribution in [2.24, 2.45) is 0 Å². The zero-order valence-electron chi connectivity index (χ0n) is 18.1. The number of thioether (sulfide) groups is 1. The molecule has 1 N–H and O–H groups in total. The van der Waals surface area contributed by atoms with Crippen molar-refractivity contribution < 1.29 is 9.53 Å². The van der Waals surface area contributed by atoms with E-state index in [1.807, 2.05) is 17.8 Å². The molecule has 0 spiro atoms. The smallest absolute Gasteiger partial charge is 0.343 e. The summed E-state index contributed by atoms with van der Waals surface area (Å²) in [6, 6.07) is 4.06. The Morgan fingerprint density at radius 2 is 1.72 bits per heavy atom. The Bertz CT molecular complexity index is 844. The first-order valence-electron chi connectivity index (χ1n) is 11.1. The minimum Gasteiger partial charge on any atom is -0.462 e. The standard InChI is InChI=1S/C24H35NO3S/c1-4-7-9-10-11-12-14-29-22-16-21-19(15-18(22)13-8-5-2)23(26)20(17-25-21)24(27)28-6-3/h15-17H,4-14H2,1-3H3,(H,25,26). The van der Waals surface area contributed by atoms with Gasteiger partial charge in [-0.05, 0) is 49.6 Å². The first-order chi connectivity index (χ1) is 14.1. The molecule has 0 aliphatic carbocycles. The van der Waals surface area contributed by atoms with Gasteiger partial charge in [-0.2, -0.15) is 0 Å². The molecule has 0 radical (unpaired) electrons. The van der Waals surface area contributed by atoms with Crippen molar-refractivity contribution in [3.05, 3.63) is 39.7 Å². The fourth-order valence-corrected chi connectivity index (χ4v) is 4.53. The molecule has 1 heterocycles. The normalized spacial score (nSPS) is 11.1. The molecular weight excluding hydrogens is 382 g/mol. The van der Waals surface area contributed by atoms with Gasteiger partial charge in [0.1, 0.15) is 5.56 Å². The van der Waals surface area contributed by atoms with E-state index >= 15 is 0 Å². The number of hydrogen-bond acceptors (Lipinski definition) is 4. The largest absolute Gasteiger partial charge is 0.462 e. The molecular formula is C24H35NO3S. The molecule has 0 saturated carbocycles. The number of unbranched alkanes of at least 4 members (excludes halogenated alkanes) is 6. The monoisotopic (exact) mass is 417 g/mol. The van der Waals surface area contributed by atoms with E-state index in [1.54, 1.807) is 6.92 Å². The Morgan fingerprint density at radius 1 is 1.00 bits per heavy atom. The lowest BCUT2D eigenvalue weighted by atomic mass is 10.0. The number of H-pyrrole nitrogens is 1. The van der Waals surface area contributed by atoms with E-state index in [0.29, 0.717) is 5.39 Å². The van der Waals surface area contributed by atoms with Crippen LogP contribution in [0.1, 0.15) is 88.1 Å². The number of fused-ring (bicyclic) bond motifs is 1. The summed E-state index contributed by atoms with van der Waals surface area (Å²) >= 11 is 1.89. The third kappa shape index (κ3) is 6.91. The van der Waals surface area contributed by atoms with Crippen LogP contribution >= 0.6 is 11.8 Å². The fourth-order valence-electron chi connectivity index (χ4n) is 3.41. The molecule has 1 aromatic heterocycles. The van der Waals surface area contributed by atoms with Gasteiger partial charge in [0.2, 0.25) is 5.43 Å². The van der Waals surface area contributed by atoms with Crippen LogP contribution in [-0.4, -0.2) is 23.3 Å². The van der Waals surface area contributed by atoms with Gasteiger partial charge in [-0.3, -0.25) is 4.79 Å². The summed E-state index contributed by atoms with van der Waals surface area (Å²) in [7, 11) is 0. The molecule has 2 rings (SSSR count). The molecule has 0 aliphatic heterocycles. The maximum atomic E-state index is 12.8. The lowest BCUT2D eigenvalue weighted by molar-refractivity contribution is 0.0524. The van der Waals surface area contributed by atoms with E-state index in [1.165, 1.54) is 55.2 Å². The van der Waals surface area contributed by atoms with Crippen molar-refractivity contribution in [3.63, 3.8) is 0 Å². The van der Waals surface area contributed by atoms with Gasteiger partial charge < -0.3 is 9.72 Å². The van der Waals surface area contributed by atoms with Crippen LogP contribution in [0.3, 0.4) is 0 Å². The molecule has 0 fully saturated rings. The predicted molar refractivity (Wildman–Crippen MR) is 123 cm³/mol. The van der Waals surface area contributed by atoms with Crippen LogP contribution in [0.2, 0.25) is 0 Å². The van der Waals surface area contributed by atoms with Gasteiger partial charge in [0, 0.05) is 16.5 Å². The van der Waals surface area contributed by atoms with Gasteiger partial charge in [-0.1, -0.05) is 52.4 Å². The average Bonchev–Trinajstić information content (AvgIpc) is 2.72. The second-order valence-corrected chi connectivity index (χ2v) is 8.61. The Balaban J connectivity index is 2.20. The van der Waals surface area contributed by atoms with Crippen LogP contribution in [0.25, 0.3) is 10.9 Å². The van der Waals surface area contributed by atoms with Crippen LogP contribution in [0.5, 0.6) is 0 Å². The molecule has 160 valence electrons. The zero-order valence-corrected chi connectivity index (χ0v) is 19.0. The molecule has 0 atom stereocenters. The van der Waals surface area contributed by atoms with E-state index in [2.05, 4.69) is 24.9 Å². The van der Waals surface area contributed by atoms with Crippen LogP contribution in [0.15, 0.2) is 28.0 Å². The summed E-state index contributed by atoms with van der Waals surface area (Å²) in [5.74, 6) is 0.536. The third-order valence-electron chi connectivity index (χ3n) is 5.11. The number of esters is 1. The molecule has 4 nitrogen and oxygen atoms in total. The second-order valence-electron chi connectivity index (χ2n) is 7.48. The lowest BCUT2D eigenvalue weighted by Gasteiger charge is -2.12. The minimum atomic E-state index is -0.563. The number of ether oxygens (including phenoxy) is 1. The summed E-state index contributed by atoms with van der Waals surface area (Å²) in [4.78, 5) is 29.3. The van der Waals surface area contributed by atoms with Crippen molar-refractivity contribution in [2.45, 2.75) is 83.5 Å². The molecule has 0 aliphatic rings. The van der Waals surface area contributed by atoms with Gasteiger partial charge >= 0.3 is 5.97 Å². The SMILES string of the molecule is CCCCCCCCSc1cc2[nH]cc(C(=O)OCC)c(=O)c2cc1CCCC. The Hall–Kier alpha value is -1.75. The van der Waals surface area contributed by atoms with Crippen molar-refractivity contribution in [1.82, 2.24) is 4.98 Å². The summed E-state index contributed by atoms with van der Waals surface area (Å²) in [6.07, 6.45) is 12.4. The van der Waals surface area contributed by atoms with Crippen molar-refractivity contribution in [2.75, 3.05) is 12.4 Å². The third-order valence-corrected chi connectivity index (χ3v) is 6.30. The predicted octanol–water partition coefficient (Wildman–Crippen LogP) is 6.50. The van der Waals surface area contributed by atoms with Crippen LogP contribution < -0.4 is 5.43 Å². The van der Waals surface area contributed by atoms with Gasteiger partial charge in [0.25, 0.3) is 0 Å². The Labute approximate surface area is 178 Å². The molecule has 0 saturated heterocycles. The average molecular weight is 418 g/mol. The number of rotatable bonds is 13. The van der Waals surface area contributed by atoms with E-state index in [-0.39, 0.29) is 17.6 Å². The van der Waals surface area contributed by atoms with E-state index in [9.17, 15) is 9.59 Å². The number of carbonyl (C=O) groups is 1. The summed E-state index contributed by atoms with van der Waals surface area (Å²) in [6.45, 7) is 6.42. The van der Waals surface area contributed by atoms with Crippen LogP contribution in [0.4, 0.5) is 0 Å². The topological polar surface area (TPSA) is 59.2 Å². The number of hydrogen-bond donors (Lipinski definition) is 1. The number of aromatic nitrogens is 1. The first-order valence-corrected chi connectivity index (χ1v) is 12.1. The summed E-state index contributed by atoms with van der Waals surface area (Å²) in [5.41, 5.74) is 1.83. The fraction of sp³-hybridized carbons (Fsp3) is 0.583. The number of carbonyl (C=O) groups excluding carboxylic acids is 1. The Morgan fingerprint density at radius 3 is 2.45 bits per heavy atom. The molecule has 5 heteroatoms. The molecule has 2 aromatic rings. The van der Waals surface area contributed by atoms with Gasteiger partial charge in [0.15, 0.2) is 0 Å². The number of pyridine rings is 1. The Kier molecular flexibility index (Phi) is 10.3. The van der Waals surface area contributed by atoms with Crippen molar-refractivity contribution >= 4 is 28.6 Å². The lowest BCUT2D eigenvalue weighted by Crippen LogP contribution is -2.18. The minimum absolute atomic E-state index is 0.0771. The number of benzene rings is 1. The van der Waals surface area contributed by atoms with Crippen LogP contribution in [-0.2, 0) is 11.2 Å². The first kappa shape index (κ1) is 23.5. The highest BCUT2D eigenvalue weighted by atomic mass is 32.2. The van der Waals surface area contributed by atoms with E-state index in [0.717, 1.165) is 30.5 Å². The number of aromatic amines is 1. The highest BCUT2D eigenvalue weighted by molar-refractivity contribution is 7.99. The van der Waals surface area contributed by atoms with Crippen LogP contribution in [0, 0.1) is 0 Å². The van der Waals surface area contributed by atoms with Crippen molar-refractivity contribution in [1.29, 1.82) is 0 Å². The van der Waals surface area contributed by atoms with Crippen molar-refractivity contribution in [3.8, 4) is 0 Å². The number of aryl methyl sites for hydroxylation is 1. The maximum absolute atomic E-state index is 12.8. The maximum Gasteiger partial charge on any atom is 0.343 e. The van der Waals surface area contributed by atoms with Gasteiger partial charge in [-0.15, -0.1) is 11.8 Å². The van der Waals surface area contributed by atoms with E-state index in [4.69, 9.17) is 4.74 Å². The molecule has 0 amide bonds. The van der Waals surface area contributed by atoms with Gasteiger partial charge in [-0.25, -0.2) is 4.79 Å². The van der Waals surface area contributed by atoms with Gasteiger partial charge in [0.05, 0.1) is 12.1 Å². The molecule has 0 unspecified atom stereocenters. The second kappa shape index (κ2) is 12.7. The zero-order chi connectivity index (χ0) is 21.1. The molecule has 29 heavy (non-hydrogen) atoms. The highest BCUT2D eigenvalue weighted by Gasteiger charge is 2.16. The molecule has 0 bridgehead atoms. The number of nitrogens with one attached hydrogen (secondary N) is 1. The summed E-state index contributed by atoms with van der Waals surface area (Å²) < 4.78 is 5.01. The highest BCUT2D eigenvalue weighted by Crippen LogP contribution is 2.29.